The predicted molar refractivity (Wildman–Crippen MR) is 98.3 cm³/mol. The van der Waals surface area contributed by atoms with Gasteiger partial charge in [0, 0.05) is 31.0 Å². The van der Waals surface area contributed by atoms with Gasteiger partial charge in [-0.25, -0.2) is 9.78 Å². The van der Waals surface area contributed by atoms with Crippen LogP contribution in [0.4, 0.5) is 4.79 Å². The Morgan fingerprint density at radius 1 is 1.16 bits per heavy atom. The zero-order valence-corrected chi connectivity index (χ0v) is 14.6. The minimum Gasteiger partial charge on any atom is -0.336 e. The van der Waals surface area contributed by atoms with Gasteiger partial charge < -0.3 is 15.2 Å². The summed E-state index contributed by atoms with van der Waals surface area (Å²) in [6.45, 7) is 0.459. The molecule has 3 rings (SSSR count). The standard InChI is InChI=1S/C19H19ClN4O/c1-24-12-11-21-18(24)17(15-7-9-16(20)10-8-15)23-19(25)22-13-14-5-3-2-4-6-14/h2-12,17H,13H2,1H3,(H2,22,23,25)/t17-/m1/s1. The summed E-state index contributed by atoms with van der Waals surface area (Å²) < 4.78 is 1.89. The van der Waals surface area contributed by atoms with Crippen LogP contribution in [-0.2, 0) is 13.6 Å². The molecule has 0 spiro atoms. The zero-order valence-electron chi connectivity index (χ0n) is 13.8. The number of amides is 2. The van der Waals surface area contributed by atoms with E-state index in [1.807, 2.05) is 60.3 Å². The maximum Gasteiger partial charge on any atom is 0.315 e. The first-order valence-electron chi connectivity index (χ1n) is 7.94. The molecule has 128 valence electrons. The fourth-order valence-corrected chi connectivity index (χ4v) is 2.69. The van der Waals surface area contributed by atoms with Crippen molar-refractivity contribution in [3.8, 4) is 0 Å². The predicted octanol–water partition coefficient (Wildman–Crippen LogP) is 3.66. The third-order valence-electron chi connectivity index (χ3n) is 3.89. The number of carbonyl (C=O) groups excluding carboxylic acids is 1. The van der Waals surface area contributed by atoms with Crippen molar-refractivity contribution in [2.75, 3.05) is 0 Å². The third kappa shape index (κ3) is 4.39. The van der Waals surface area contributed by atoms with Gasteiger partial charge in [0.25, 0.3) is 0 Å². The average molecular weight is 355 g/mol. The van der Waals surface area contributed by atoms with Crippen LogP contribution in [-0.4, -0.2) is 15.6 Å². The molecule has 0 saturated carbocycles. The molecular formula is C19H19ClN4O. The Labute approximate surface area is 151 Å². The van der Waals surface area contributed by atoms with Crippen molar-refractivity contribution in [2.45, 2.75) is 12.6 Å². The van der Waals surface area contributed by atoms with Crippen LogP contribution in [0.2, 0.25) is 5.02 Å². The number of benzene rings is 2. The van der Waals surface area contributed by atoms with Crippen LogP contribution in [0.3, 0.4) is 0 Å². The van der Waals surface area contributed by atoms with Gasteiger partial charge in [-0.15, -0.1) is 0 Å². The lowest BCUT2D eigenvalue weighted by atomic mass is 10.1. The molecule has 2 N–H and O–H groups in total. The van der Waals surface area contributed by atoms with E-state index in [2.05, 4.69) is 15.6 Å². The van der Waals surface area contributed by atoms with Crippen molar-refractivity contribution < 1.29 is 4.79 Å². The van der Waals surface area contributed by atoms with E-state index in [0.29, 0.717) is 11.6 Å². The fourth-order valence-electron chi connectivity index (χ4n) is 2.57. The zero-order chi connectivity index (χ0) is 17.6. The summed E-state index contributed by atoms with van der Waals surface area (Å²) in [6.07, 6.45) is 3.56. The van der Waals surface area contributed by atoms with Crippen LogP contribution in [0.5, 0.6) is 0 Å². The minimum atomic E-state index is -0.368. The highest BCUT2D eigenvalue weighted by molar-refractivity contribution is 6.30. The number of nitrogens with zero attached hydrogens (tertiary/aromatic N) is 2. The molecule has 0 aliphatic rings. The quantitative estimate of drug-likeness (QED) is 0.734. The Balaban J connectivity index is 1.74. The Morgan fingerprint density at radius 3 is 2.52 bits per heavy atom. The molecule has 0 bridgehead atoms. The summed E-state index contributed by atoms with van der Waals surface area (Å²) in [4.78, 5) is 16.8. The fraction of sp³-hybridized carbons (Fsp3) is 0.158. The molecule has 0 aliphatic carbocycles. The van der Waals surface area contributed by atoms with Gasteiger partial charge in [0.1, 0.15) is 11.9 Å². The first kappa shape index (κ1) is 17.0. The van der Waals surface area contributed by atoms with Gasteiger partial charge in [0.15, 0.2) is 0 Å². The SMILES string of the molecule is Cn1ccnc1[C@H](NC(=O)NCc1ccccc1)c1ccc(Cl)cc1. The Bertz CT molecular complexity index is 830. The number of hydrogen-bond donors (Lipinski definition) is 2. The second kappa shape index (κ2) is 7.85. The number of aryl methyl sites for hydroxylation is 1. The van der Waals surface area contributed by atoms with E-state index in [9.17, 15) is 4.79 Å². The molecule has 1 atom stereocenters. The van der Waals surface area contributed by atoms with Crippen molar-refractivity contribution in [1.29, 1.82) is 0 Å². The van der Waals surface area contributed by atoms with E-state index in [4.69, 9.17) is 11.6 Å². The number of carbonyl (C=O) groups is 1. The van der Waals surface area contributed by atoms with E-state index >= 15 is 0 Å². The van der Waals surface area contributed by atoms with E-state index in [0.717, 1.165) is 17.0 Å². The summed E-state index contributed by atoms with van der Waals surface area (Å²) in [6, 6.07) is 16.5. The first-order chi connectivity index (χ1) is 12.1. The number of hydrogen-bond acceptors (Lipinski definition) is 2. The van der Waals surface area contributed by atoms with Gasteiger partial charge in [-0.2, -0.15) is 0 Å². The van der Waals surface area contributed by atoms with Crippen LogP contribution in [0, 0.1) is 0 Å². The molecule has 1 heterocycles. The maximum absolute atomic E-state index is 12.4. The Morgan fingerprint density at radius 2 is 1.88 bits per heavy atom. The summed E-state index contributed by atoms with van der Waals surface area (Å²) in [5.74, 6) is 0.747. The van der Waals surface area contributed by atoms with Crippen LogP contribution < -0.4 is 10.6 Å². The lowest BCUT2D eigenvalue weighted by molar-refractivity contribution is 0.237. The van der Waals surface area contributed by atoms with Crippen molar-refractivity contribution in [3.05, 3.63) is 89.0 Å². The molecule has 25 heavy (non-hydrogen) atoms. The smallest absolute Gasteiger partial charge is 0.315 e. The minimum absolute atomic E-state index is 0.258. The molecule has 5 nitrogen and oxygen atoms in total. The number of urea groups is 1. The van der Waals surface area contributed by atoms with Crippen molar-refractivity contribution in [3.63, 3.8) is 0 Å². The van der Waals surface area contributed by atoms with Gasteiger partial charge in [-0.05, 0) is 23.3 Å². The van der Waals surface area contributed by atoms with E-state index < -0.39 is 0 Å². The summed E-state index contributed by atoms with van der Waals surface area (Å²) in [5.41, 5.74) is 1.95. The maximum atomic E-state index is 12.4. The molecule has 3 aromatic rings. The van der Waals surface area contributed by atoms with E-state index in [1.165, 1.54) is 0 Å². The average Bonchev–Trinajstić information content (AvgIpc) is 3.05. The summed E-state index contributed by atoms with van der Waals surface area (Å²) in [7, 11) is 1.90. The largest absolute Gasteiger partial charge is 0.336 e. The number of aromatic nitrogens is 2. The molecule has 1 aromatic heterocycles. The number of imidazole rings is 1. The highest BCUT2D eigenvalue weighted by Crippen LogP contribution is 2.22. The van der Waals surface area contributed by atoms with Gasteiger partial charge >= 0.3 is 6.03 Å². The molecule has 0 aliphatic heterocycles. The topological polar surface area (TPSA) is 59.0 Å². The summed E-state index contributed by atoms with van der Waals surface area (Å²) >= 11 is 5.98. The lowest BCUT2D eigenvalue weighted by Gasteiger charge is -2.19. The first-order valence-corrected chi connectivity index (χ1v) is 8.32. The lowest BCUT2D eigenvalue weighted by Crippen LogP contribution is -2.38. The molecule has 0 fully saturated rings. The van der Waals surface area contributed by atoms with Crippen molar-refractivity contribution in [2.24, 2.45) is 7.05 Å². The molecule has 2 amide bonds. The van der Waals surface area contributed by atoms with Gasteiger partial charge in [0.2, 0.25) is 0 Å². The third-order valence-corrected chi connectivity index (χ3v) is 4.14. The normalized spacial score (nSPS) is 11.8. The van der Waals surface area contributed by atoms with Crippen LogP contribution in [0.25, 0.3) is 0 Å². The second-order valence-corrected chi connectivity index (χ2v) is 6.13. The number of nitrogens with one attached hydrogen (secondary N) is 2. The monoisotopic (exact) mass is 354 g/mol. The Kier molecular flexibility index (Phi) is 5.36. The Hall–Kier alpha value is -2.79. The second-order valence-electron chi connectivity index (χ2n) is 5.69. The summed E-state index contributed by atoms with van der Waals surface area (Å²) in [5, 5.41) is 6.52. The van der Waals surface area contributed by atoms with E-state index in [-0.39, 0.29) is 12.1 Å². The van der Waals surface area contributed by atoms with E-state index in [1.54, 1.807) is 18.3 Å². The van der Waals surface area contributed by atoms with Crippen LogP contribution in [0.15, 0.2) is 67.0 Å². The highest BCUT2D eigenvalue weighted by atomic mass is 35.5. The molecule has 0 saturated heterocycles. The number of rotatable bonds is 5. The van der Waals surface area contributed by atoms with Crippen molar-refractivity contribution in [1.82, 2.24) is 20.2 Å². The van der Waals surface area contributed by atoms with Gasteiger partial charge in [-0.3, -0.25) is 0 Å². The van der Waals surface area contributed by atoms with Crippen LogP contribution >= 0.6 is 11.6 Å². The molecule has 0 radical (unpaired) electrons. The molecule has 0 unspecified atom stereocenters. The van der Waals surface area contributed by atoms with Gasteiger partial charge in [-0.1, -0.05) is 54.1 Å². The highest BCUT2D eigenvalue weighted by Gasteiger charge is 2.20. The molecular weight excluding hydrogens is 336 g/mol. The van der Waals surface area contributed by atoms with Crippen LogP contribution in [0.1, 0.15) is 23.0 Å². The van der Waals surface area contributed by atoms with Crippen molar-refractivity contribution >= 4 is 17.6 Å². The van der Waals surface area contributed by atoms with Gasteiger partial charge in [0.05, 0.1) is 0 Å². The number of halogens is 1. The molecule has 2 aromatic carbocycles. The molecule has 6 heteroatoms.